The van der Waals surface area contributed by atoms with E-state index in [0.29, 0.717) is 23.1 Å². The molecule has 5 N–H and O–H groups in total. The van der Waals surface area contributed by atoms with Crippen molar-refractivity contribution in [3.8, 4) is 28.7 Å². The maximum Gasteiger partial charge on any atom is 0.123 e. The van der Waals surface area contributed by atoms with Gasteiger partial charge in [0.1, 0.15) is 28.7 Å². The first-order valence-electron chi connectivity index (χ1n) is 8.37. The van der Waals surface area contributed by atoms with Gasteiger partial charge >= 0.3 is 0 Å². The highest BCUT2D eigenvalue weighted by Gasteiger charge is 2.41. The van der Waals surface area contributed by atoms with Gasteiger partial charge in [-0.05, 0) is 52.9 Å². The number of phenolic OH excluding ortho intramolecular Hbond substituents is 5. The van der Waals surface area contributed by atoms with Crippen LogP contribution in [0.3, 0.4) is 0 Å². The fourth-order valence-corrected chi connectivity index (χ4v) is 4.61. The molecule has 0 saturated heterocycles. The summed E-state index contributed by atoms with van der Waals surface area (Å²) in [5, 5.41) is 51.2. The highest BCUT2D eigenvalue weighted by atomic mass is 16.3. The van der Waals surface area contributed by atoms with Gasteiger partial charge in [-0.15, -0.1) is 0 Å². The lowest BCUT2D eigenvalue weighted by Gasteiger charge is -2.32. The third kappa shape index (κ3) is 1.85. The molecule has 0 spiro atoms. The van der Waals surface area contributed by atoms with Crippen LogP contribution in [0.5, 0.6) is 28.7 Å². The van der Waals surface area contributed by atoms with Crippen molar-refractivity contribution >= 4 is 0 Å². The van der Waals surface area contributed by atoms with Gasteiger partial charge < -0.3 is 25.5 Å². The Hall–Kier alpha value is -3.34. The second kappa shape index (κ2) is 4.85. The molecule has 3 aromatic rings. The molecule has 0 fully saturated rings. The monoisotopic (exact) mass is 348 g/mol. The van der Waals surface area contributed by atoms with Crippen LogP contribution in [0.4, 0.5) is 0 Å². The third-order valence-corrected chi connectivity index (χ3v) is 5.54. The molecule has 0 radical (unpaired) electrons. The van der Waals surface area contributed by atoms with E-state index >= 15 is 0 Å². The van der Waals surface area contributed by atoms with Gasteiger partial charge in [0.25, 0.3) is 0 Å². The first-order chi connectivity index (χ1) is 12.4. The molecule has 2 atom stereocenters. The molecule has 0 amide bonds. The van der Waals surface area contributed by atoms with E-state index in [-0.39, 0.29) is 34.7 Å². The summed E-state index contributed by atoms with van der Waals surface area (Å²) in [6, 6.07) is 10.9. The van der Waals surface area contributed by atoms with Crippen molar-refractivity contribution in [2.75, 3.05) is 0 Å². The molecule has 3 aliphatic rings. The van der Waals surface area contributed by atoms with Gasteiger partial charge in [0.05, 0.1) is 0 Å². The van der Waals surface area contributed by atoms with Crippen molar-refractivity contribution in [1.82, 2.24) is 0 Å². The van der Waals surface area contributed by atoms with E-state index in [4.69, 9.17) is 0 Å². The van der Waals surface area contributed by atoms with E-state index in [0.717, 1.165) is 16.7 Å². The van der Waals surface area contributed by atoms with E-state index in [2.05, 4.69) is 0 Å². The smallest absolute Gasteiger partial charge is 0.123 e. The van der Waals surface area contributed by atoms with Crippen molar-refractivity contribution in [1.29, 1.82) is 0 Å². The molecule has 0 aromatic heterocycles. The second-order valence-electron chi connectivity index (χ2n) is 7.01. The van der Waals surface area contributed by atoms with Gasteiger partial charge in [-0.1, -0.05) is 6.07 Å². The Morgan fingerprint density at radius 1 is 0.615 bits per heavy atom. The Labute approximate surface area is 149 Å². The minimum Gasteiger partial charge on any atom is -0.508 e. The Balaban J connectivity index is 1.94. The van der Waals surface area contributed by atoms with Crippen molar-refractivity contribution in [2.45, 2.75) is 18.3 Å². The van der Waals surface area contributed by atoms with Gasteiger partial charge in [0.2, 0.25) is 0 Å². The highest BCUT2D eigenvalue weighted by molar-refractivity contribution is 5.69. The molecule has 5 nitrogen and oxygen atoms in total. The number of aromatic hydroxyl groups is 5. The summed E-state index contributed by atoms with van der Waals surface area (Å²) < 4.78 is 0. The van der Waals surface area contributed by atoms with Crippen molar-refractivity contribution in [2.24, 2.45) is 0 Å². The van der Waals surface area contributed by atoms with Gasteiger partial charge in [-0.3, -0.25) is 0 Å². The first-order valence-corrected chi connectivity index (χ1v) is 8.37. The zero-order valence-electron chi connectivity index (χ0n) is 13.6. The molecular formula is C21H16O5. The number of rotatable bonds is 0. The van der Waals surface area contributed by atoms with Crippen LogP contribution in [0.15, 0.2) is 42.5 Å². The minimum atomic E-state index is -0.459. The summed E-state index contributed by atoms with van der Waals surface area (Å²) in [5.41, 5.74) is 4.57. The minimum absolute atomic E-state index is 0.0134. The van der Waals surface area contributed by atoms with Crippen LogP contribution < -0.4 is 0 Å². The molecule has 130 valence electrons. The van der Waals surface area contributed by atoms with E-state index in [1.54, 1.807) is 24.3 Å². The Morgan fingerprint density at radius 3 is 1.96 bits per heavy atom. The van der Waals surface area contributed by atoms with Gasteiger partial charge in [0.15, 0.2) is 0 Å². The van der Waals surface area contributed by atoms with Crippen molar-refractivity contribution in [3.63, 3.8) is 0 Å². The summed E-state index contributed by atoms with van der Waals surface area (Å²) in [6.45, 7) is 0. The SMILES string of the molecule is Oc1cc(O)c2c(c1)C1Cc3ccc(O)cc3C2c2cc(O)cc(O)c21. The lowest BCUT2D eigenvalue weighted by molar-refractivity contribution is 0.431. The molecule has 26 heavy (non-hydrogen) atoms. The fourth-order valence-electron chi connectivity index (χ4n) is 4.61. The normalized spacial score (nSPS) is 19.4. The van der Waals surface area contributed by atoms with Crippen LogP contribution in [-0.2, 0) is 6.42 Å². The third-order valence-electron chi connectivity index (χ3n) is 5.54. The highest BCUT2D eigenvalue weighted by Crippen LogP contribution is 2.57. The molecule has 2 unspecified atom stereocenters. The molecule has 2 bridgehead atoms. The molecule has 0 aliphatic heterocycles. The maximum atomic E-state index is 10.6. The second-order valence-corrected chi connectivity index (χ2v) is 7.01. The Kier molecular flexibility index (Phi) is 2.79. The number of benzene rings is 3. The maximum absolute atomic E-state index is 10.6. The van der Waals surface area contributed by atoms with Crippen molar-refractivity contribution in [3.05, 3.63) is 75.8 Å². The summed E-state index contributed by atoms with van der Waals surface area (Å²) in [4.78, 5) is 0. The van der Waals surface area contributed by atoms with Gasteiger partial charge in [-0.25, -0.2) is 0 Å². The van der Waals surface area contributed by atoms with Crippen LogP contribution in [0.1, 0.15) is 45.2 Å². The summed E-state index contributed by atoms with van der Waals surface area (Å²) >= 11 is 0. The van der Waals surface area contributed by atoms with Gasteiger partial charge in [0, 0.05) is 35.1 Å². The topological polar surface area (TPSA) is 101 Å². The predicted molar refractivity (Wildman–Crippen MR) is 94.1 cm³/mol. The van der Waals surface area contributed by atoms with E-state index in [9.17, 15) is 25.5 Å². The standard InChI is InChI=1S/C21H16O5/c22-10-2-1-9-3-14-15-5-11(23)8-18(26)21(15)20(13(9)4-10)16-6-12(24)7-17(25)19(14)16/h1-2,4-8,14,20,22-26H,3H2. The van der Waals surface area contributed by atoms with E-state index < -0.39 is 5.92 Å². The first kappa shape index (κ1) is 15.0. The molecule has 3 aliphatic carbocycles. The molecule has 0 heterocycles. The molecule has 6 rings (SSSR count). The van der Waals surface area contributed by atoms with Crippen LogP contribution >= 0.6 is 0 Å². The zero-order chi connectivity index (χ0) is 18.2. The number of phenols is 5. The Morgan fingerprint density at radius 2 is 1.23 bits per heavy atom. The lowest BCUT2D eigenvalue weighted by atomic mass is 9.71. The average molecular weight is 348 g/mol. The molecular weight excluding hydrogens is 332 g/mol. The van der Waals surface area contributed by atoms with Crippen LogP contribution in [0.2, 0.25) is 0 Å². The van der Waals surface area contributed by atoms with Crippen LogP contribution in [-0.4, -0.2) is 25.5 Å². The predicted octanol–water partition coefficient (Wildman–Crippen LogP) is 3.40. The number of hydrogen-bond acceptors (Lipinski definition) is 5. The lowest BCUT2D eigenvalue weighted by Crippen LogP contribution is -2.17. The quantitative estimate of drug-likeness (QED) is 0.429. The summed E-state index contributed by atoms with van der Waals surface area (Å²) in [7, 11) is 0. The van der Waals surface area contributed by atoms with E-state index in [1.807, 2.05) is 6.07 Å². The van der Waals surface area contributed by atoms with Crippen LogP contribution in [0, 0.1) is 0 Å². The average Bonchev–Trinajstić information content (AvgIpc) is 2.77. The summed E-state index contributed by atoms with van der Waals surface area (Å²) in [5.74, 6) is -0.782. The van der Waals surface area contributed by atoms with Crippen molar-refractivity contribution < 1.29 is 25.5 Å². The zero-order valence-corrected chi connectivity index (χ0v) is 13.6. The number of hydrogen-bond donors (Lipinski definition) is 5. The Bertz CT molecular complexity index is 1090. The van der Waals surface area contributed by atoms with Gasteiger partial charge in [-0.2, -0.15) is 0 Å². The molecule has 5 heteroatoms. The van der Waals surface area contributed by atoms with Crippen LogP contribution in [0.25, 0.3) is 0 Å². The largest absolute Gasteiger partial charge is 0.508 e. The molecule has 3 aromatic carbocycles. The molecule has 0 saturated carbocycles. The fraction of sp³-hybridized carbons (Fsp3) is 0.143. The van der Waals surface area contributed by atoms with E-state index in [1.165, 1.54) is 12.1 Å². The summed E-state index contributed by atoms with van der Waals surface area (Å²) in [6.07, 6.45) is 0.549.